The lowest BCUT2D eigenvalue weighted by Gasteiger charge is -2.32. The number of nitrogens with one attached hydrogen (secondary N) is 3. The van der Waals surface area contributed by atoms with Gasteiger partial charge < -0.3 is 25.9 Å². The molecule has 2 amide bonds. The van der Waals surface area contributed by atoms with Gasteiger partial charge in [0, 0.05) is 13.1 Å². The van der Waals surface area contributed by atoms with Gasteiger partial charge in [-0.25, -0.2) is 0 Å². The highest BCUT2D eigenvalue weighted by Gasteiger charge is 2.18. The summed E-state index contributed by atoms with van der Waals surface area (Å²) in [4.78, 5) is 24.6. The molecule has 0 atom stereocenters. The van der Waals surface area contributed by atoms with Crippen LogP contribution in [0.3, 0.4) is 0 Å². The van der Waals surface area contributed by atoms with Crippen molar-refractivity contribution in [1.29, 1.82) is 0 Å². The SMILES string of the molecule is O=C(/C=N/O)NCCC1CCN(CCCNC(=O)CNO)CC1. The van der Waals surface area contributed by atoms with E-state index in [1.807, 2.05) is 5.48 Å². The molecule has 0 radical (unpaired) electrons. The number of likely N-dealkylation sites (tertiary alicyclic amines) is 1. The van der Waals surface area contributed by atoms with E-state index in [1.165, 1.54) is 0 Å². The minimum Gasteiger partial charge on any atom is -0.411 e. The van der Waals surface area contributed by atoms with Crippen molar-refractivity contribution in [3.8, 4) is 0 Å². The average Bonchev–Trinajstić information content (AvgIpc) is 2.53. The van der Waals surface area contributed by atoms with E-state index in [2.05, 4.69) is 20.7 Å². The lowest BCUT2D eigenvalue weighted by atomic mass is 9.93. The second-order valence-electron chi connectivity index (χ2n) is 5.65. The number of amides is 2. The summed E-state index contributed by atoms with van der Waals surface area (Å²) in [5.74, 6) is 0.0239. The van der Waals surface area contributed by atoms with E-state index in [4.69, 9.17) is 10.4 Å². The Morgan fingerprint density at radius 2 is 1.96 bits per heavy atom. The predicted molar refractivity (Wildman–Crippen MR) is 84.5 cm³/mol. The van der Waals surface area contributed by atoms with Crippen LogP contribution in [0.2, 0.25) is 0 Å². The first-order valence-corrected chi connectivity index (χ1v) is 7.97. The second kappa shape index (κ2) is 11.8. The molecule has 0 bridgehead atoms. The average molecular weight is 329 g/mol. The number of hydrogen-bond donors (Lipinski definition) is 5. The maximum atomic E-state index is 11.1. The smallest absolute Gasteiger partial charge is 0.265 e. The highest BCUT2D eigenvalue weighted by molar-refractivity contribution is 6.25. The maximum Gasteiger partial charge on any atom is 0.265 e. The van der Waals surface area contributed by atoms with Gasteiger partial charge in [0.1, 0.15) is 6.21 Å². The van der Waals surface area contributed by atoms with E-state index in [0.29, 0.717) is 19.0 Å². The summed E-state index contributed by atoms with van der Waals surface area (Å²) in [6, 6.07) is 0. The van der Waals surface area contributed by atoms with Crippen molar-refractivity contribution in [3.63, 3.8) is 0 Å². The van der Waals surface area contributed by atoms with Crippen LogP contribution in [0.4, 0.5) is 0 Å². The first-order valence-electron chi connectivity index (χ1n) is 7.97. The number of piperidine rings is 1. The zero-order valence-electron chi connectivity index (χ0n) is 13.3. The Morgan fingerprint density at radius 3 is 2.61 bits per heavy atom. The zero-order chi connectivity index (χ0) is 16.9. The lowest BCUT2D eigenvalue weighted by molar-refractivity contribution is -0.121. The summed E-state index contributed by atoms with van der Waals surface area (Å²) < 4.78 is 0. The van der Waals surface area contributed by atoms with Crippen molar-refractivity contribution < 1.29 is 20.0 Å². The van der Waals surface area contributed by atoms with Crippen molar-refractivity contribution in [2.24, 2.45) is 11.1 Å². The Labute approximate surface area is 136 Å². The molecule has 132 valence electrons. The fraction of sp³-hybridized carbons (Fsp3) is 0.786. The molecule has 9 nitrogen and oxygen atoms in total. The van der Waals surface area contributed by atoms with Crippen LogP contribution in [-0.2, 0) is 9.59 Å². The molecule has 1 saturated heterocycles. The van der Waals surface area contributed by atoms with E-state index in [1.54, 1.807) is 0 Å². The molecule has 5 N–H and O–H groups in total. The van der Waals surface area contributed by atoms with Crippen molar-refractivity contribution in [2.45, 2.75) is 25.7 Å². The number of oxime groups is 1. The normalized spacial score (nSPS) is 16.6. The summed E-state index contributed by atoms with van der Waals surface area (Å²) in [7, 11) is 0. The van der Waals surface area contributed by atoms with Crippen LogP contribution in [0.15, 0.2) is 5.16 Å². The molecule has 1 rings (SSSR count). The molecule has 0 aliphatic carbocycles. The number of carbonyl (C=O) groups is 2. The van der Waals surface area contributed by atoms with E-state index in [-0.39, 0.29) is 18.4 Å². The molecule has 0 saturated carbocycles. The zero-order valence-corrected chi connectivity index (χ0v) is 13.3. The van der Waals surface area contributed by atoms with Crippen LogP contribution in [0.5, 0.6) is 0 Å². The summed E-state index contributed by atoms with van der Waals surface area (Å²) in [5, 5.41) is 24.7. The Kier molecular flexibility index (Phi) is 9.92. The Balaban J connectivity index is 2.02. The van der Waals surface area contributed by atoms with E-state index in [9.17, 15) is 9.59 Å². The summed E-state index contributed by atoms with van der Waals surface area (Å²) in [6.07, 6.45) is 4.88. The van der Waals surface area contributed by atoms with Gasteiger partial charge in [-0.3, -0.25) is 9.59 Å². The minimum atomic E-state index is -0.372. The summed E-state index contributed by atoms with van der Waals surface area (Å²) >= 11 is 0. The molecule has 0 unspecified atom stereocenters. The van der Waals surface area contributed by atoms with E-state index < -0.39 is 0 Å². The standard InChI is InChI=1S/C14H27N5O4/c20-13(10-17-22)15-5-1-7-19-8-3-12(4-9-19)2-6-16-14(21)11-18-23/h11-12,17,22-23H,1-10H2,(H,15,20)(H,16,21)/b18-11+. The quantitative estimate of drug-likeness (QED) is 0.154. The molecule has 1 fully saturated rings. The van der Waals surface area contributed by atoms with Gasteiger partial charge in [0.05, 0.1) is 6.54 Å². The van der Waals surface area contributed by atoms with Gasteiger partial charge in [-0.15, -0.1) is 0 Å². The van der Waals surface area contributed by atoms with Crippen molar-refractivity contribution in [1.82, 2.24) is 21.0 Å². The van der Waals surface area contributed by atoms with Gasteiger partial charge in [-0.1, -0.05) is 5.16 Å². The Hall–Kier alpha value is -1.71. The van der Waals surface area contributed by atoms with Gasteiger partial charge in [0.2, 0.25) is 5.91 Å². The molecule has 23 heavy (non-hydrogen) atoms. The van der Waals surface area contributed by atoms with E-state index >= 15 is 0 Å². The molecule has 0 aromatic heterocycles. The number of carbonyl (C=O) groups excluding carboxylic acids is 2. The van der Waals surface area contributed by atoms with Crippen LogP contribution in [0.1, 0.15) is 25.7 Å². The molecule has 0 spiro atoms. The maximum absolute atomic E-state index is 11.1. The van der Waals surface area contributed by atoms with Crippen LogP contribution >= 0.6 is 0 Å². The third-order valence-corrected chi connectivity index (χ3v) is 3.95. The lowest BCUT2D eigenvalue weighted by Crippen LogP contribution is -2.38. The van der Waals surface area contributed by atoms with Crippen molar-refractivity contribution in [3.05, 3.63) is 0 Å². The van der Waals surface area contributed by atoms with Crippen LogP contribution in [-0.4, -0.2) is 72.6 Å². The van der Waals surface area contributed by atoms with Gasteiger partial charge in [0.25, 0.3) is 5.91 Å². The molecular weight excluding hydrogens is 302 g/mol. The first-order chi connectivity index (χ1) is 11.2. The largest absolute Gasteiger partial charge is 0.411 e. The highest BCUT2D eigenvalue weighted by atomic mass is 16.5. The predicted octanol–water partition coefficient (Wildman–Crippen LogP) is -0.850. The van der Waals surface area contributed by atoms with Crippen LogP contribution in [0.25, 0.3) is 0 Å². The molecule has 1 aliphatic rings. The second-order valence-corrected chi connectivity index (χ2v) is 5.65. The Morgan fingerprint density at radius 1 is 1.22 bits per heavy atom. The van der Waals surface area contributed by atoms with Crippen LogP contribution < -0.4 is 16.1 Å². The first kappa shape index (κ1) is 19.3. The molecule has 0 aromatic carbocycles. The van der Waals surface area contributed by atoms with Gasteiger partial charge in [0.15, 0.2) is 0 Å². The fourth-order valence-electron chi connectivity index (χ4n) is 2.66. The van der Waals surface area contributed by atoms with E-state index in [0.717, 1.165) is 51.5 Å². The number of nitrogens with zero attached hydrogens (tertiary/aromatic N) is 2. The van der Waals surface area contributed by atoms with Crippen LogP contribution in [0, 0.1) is 5.92 Å². The van der Waals surface area contributed by atoms with Crippen molar-refractivity contribution >= 4 is 18.0 Å². The third kappa shape index (κ3) is 9.11. The summed E-state index contributed by atoms with van der Waals surface area (Å²) in [5.41, 5.74) is 1.83. The van der Waals surface area contributed by atoms with Gasteiger partial charge in [-0.2, -0.15) is 5.48 Å². The molecular formula is C14H27N5O4. The molecule has 1 heterocycles. The topological polar surface area (TPSA) is 126 Å². The van der Waals surface area contributed by atoms with Crippen molar-refractivity contribution in [2.75, 3.05) is 39.3 Å². The number of hydrogen-bond acceptors (Lipinski definition) is 7. The number of rotatable bonds is 10. The van der Waals surface area contributed by atoms with Gasteiger partial charge >= 0.3 is 0 Å². The third-order valence-electron chi connectivity index (χ3n) is 3.95. The Bertz CT molecular complexity index is 383. The highest BCUT2D eigenvalue weighted by Crippen LogP contribution is 2.19. The number of hydroxylamine groups is 1. The fourth-order valence-corrected chi connectivity index (χ4v) is 2.66. The molecule has 1 aliphatic heterocycles. The summed E-state index contributed by atoms with van der Waals surface area (Å²) in [6.45, 7) is 4.14. The molecule has 0 aromatic rings. The molecule has 9 heteroatoms. The van der Waals surface area contributed by atoms with Gasteiger partial charge in [-0.05, 0) is 51.2 Å². The minimum absolute atomic E-state index is 0.0773. The monoisotopic (exact) mass is 329 g/mol.